The number of nitrogens with zero attached hydrogens (tertiary/aromatic N) is 2. The van der Waals surface area contributed by atoms with E-state index >= 15 is 4.39 Å². The Balaban J connectivity index is 1.37. The molecule has 6 nitrogen and oxygen atoms in total. The highest BCUT2D eigenvalue weighted by Crippen LogP contribution is 2.40. The summed E-state index contributed by atoms with van der Waals surface area (Å²) in [6, 6.07) is 14.6. The summed E-state index contributed by atoms with van der Waals surface area (Å²) in [7, 11) is 0. The van der Waals surface area contributed by atoms with Crippen molar-refractivity contribution in [1.82, 2.24) is 9.88 Å². The first-order valence-corrected chi connectivity index (χ1v) is 14.2. The van der Waals surface area contributed by atoms with Crippen molar-refractivity contribution in [2.24, 2.45) is 5.92 Å². The maximum absolute atomic E-state index is 15.7. The van der Waals surface area contributed by atoms with Crippen molar-refractivity contribution in [2.45, 2.75) is 52.0 Å². The zero-order valence-corrected chi connectivity index (χ0v) is 23.2. The molecule has 0 saturated heterocycles. The van der Waals surface area contributed by atoms with Gasteiger partial charge in [-0.25, -0.2) is 4.39 Å². The minimum atomic E-state index is -0.430. The van der Waals surface area contributed by atoms with Crippen LogP contribution in [0.4, 0.5) is 10.1 Å². The molecule has 0 radical (unpaired) electrons. The van der Waals surface area contributed by atoms with Gasteiger partial charge in [-0.1, -0.05) is 43.7 Å². The standard InChI is InChI=1S/C34H32FN3O3/c1-20-6-5-9-30(29-18-23(14-16-36-29)26-7-3-4-8-28(26)37-34(20)41)38-17-15-24(19-31(38)40)32-25(21(2)39)12-13-27(33(32)35)22-10-11-22/h3-4,7-8,10,12-14,16,18-20,30H,5-6,9,11,15,17H2,1-2H3,(H,37,41)/t20-,30+/m1/s1. The number of nitrogens with one attached hydrogen (secondary N) is 1. The van der Waals surface area contributed by atoms with Crippen LogP contribution < -0.4 is 5.32 Å². The van der Waals surface area contributed by atoms with Crippen LogP contribution in [0.15, 0.2) is 66.9 Å². The molecule has 2 amide bonds. The molecule has 7 heteroatoms. The Hall–Kier alpha value is -4.39. The number of aromatic nitrogens is 1. The fraction of sp³-hybridized carbons (Fsp3) is 0.294. The number of pyridine rings is 1. The van der Waals surface area contributed by atoms with Gasteiger partial charge in [0.1, 0.15) is 5.82 Å². The maximum atomic E-state index is 15.7. The summed E-state index contributed by atoms with van der Waals surface area (Å²) in [6.45, 7) is 3.72. The van der Waals surface area contributed by atoms with Crippen LogP contribution in [-0.4, -0.2) is 34.0 Å². The third-order valence-electron chi connectivity index (χ3n) is 8.36. The summed E-state index contributed by atoms with van der Waals surface area (Å²) < 4.78 is 15.7. The van der Waals surface area contributed by atoms with Gasteiger partial charge in [0, 0.05) is 52.7 Å². The van der Waals surface area contributed by atoms with Gasteiger partial charge in [0.2, 0.25) is 11.8 Å². The van der Waals surface area contributed by atoms with Crippen molar-refractivity contribution >= 4 is 34.4 Å². The topological polar surface area (TPSA) is 79.4 Å². The number of fused-ring (bicyclic) bond motifs is 4. The first-order valence-electron chi connectivity index (χ1n) is 14.2. The average molecular weight is 550 g/mol. The molecule has 208 valence electrons. The van der Waals surface area contributed by atoms with Crippen LogP contribution in [0.1, 0.15) is 79.2 Å². The number of hydrogen-bond acceptors (Lipinski definition) is 4. The van der Waals surface area contributed by atoms with E-state index in [1.54, 1.807) is 23.2 Å². The second kappa shape index (κ2) is 10.9. The molecule has 0 unspecified atom stereocenters. The molecule has 2 bridgehead atoms. The second-order valence-corrected chi connectivity index (χ2v) is 11.1. The quantitative estimate of drug-likeness (QED) is 0.356. The summed E-state index contributed by atoms with van der Waals surface area (Å²) in [5.41, 5.74) is 5.83. The van der Waals surface area contributed by atoms with Gasteiger partial charge in [-0.2, -0.15) is 0 Å². The molecule has 3 heterocycles. The van der Waals surface area contributed by atoms with Crippen LogP contribution >= 0.6 is 0 Å². The lowest BCUT2D eigenvalue weighted by Crippen LogP contribution is -2.38. The Morgan fingerprint density at radius 3 is 2.61 bits per heavy atom. The average Bonchev–Trinajstić information content (AvgIpc) is 3.81. The highest BCUT2D eigenvalue weighted by molar-refractivity contribution is 6.04. The molecule has 1 aromatic heterocycles. The summed E-state index contributed by atoms with van der Waals surface area (Å²) in [6.07, 6.45) is 8.38. The Labute approximate surface area is 239 Å². The van der Waals surface area contributed by atoms with Gasteiger partial charge < -0.3 is 10.2 Å². The third kappa shape index (κ3) is 5.24. The van der Waals surface area contributed by atoms with Crippen LogP contribution in [0.5, 0.6) is 0 Å². The Morgan fingerprint density at radius 2 is 1.85 bits per heavy atom. The first-order chi connectivity index (χ1) is 19.8. The monoisotopic (exact) mass is 549 g/mol. The number of halogens is 1. The molecule has 2 aromatic carbocycles. The van der Waals surface area contributed by atoms with Crippen LogP contribution in [0.2, 0.25) is 0 Å². The highest BCUT2D eigenvalue weighted by atomic mass is 19.1. The SMILES string of the molecule is CC(=O)c1ccc(C2=CC2)c(F)c1C1=CC(=O)N([C@H]2CCC[C@@H](C)C(=O)Nc3ccccc3-c3ccnc2c3)CC1. The Kier molecular flexibility index (Phi) is 7.12. The molecule has 3 aromatic rings. The minimum Gasteiger partial charge on any atom is -0.330 e. The highest BCUT2D eigenvalue weighted by Gasteiger charge is 2.32. The van der Waals surface area contributed by atoms with E-state index in [0.29, 0.717) is 42.5 Å². The van der Waals surface area contributed by atoms with Gasteiger partial charge in [-0.05, 0) is 73.6 Å². The number of carbonyl (C=O) groups excluding carboxylic acids is 3. The number of rotatable bonds is 4. The molecule has 2 aliphatic heterocycles. The van der Waals surface area contributed by atoms with Gasteiger partial charge in [0.05, 0.1) is 11.7 Å². The predicted octanol–water partition coefficient (Wildman–Crippen LogP) is 6.99. The number of ketones is 1. The zero-order chi connectivity index (χ0) is 28.7. The van der Waals surface area contributed by atoms with Crippen molar-refractivity contribution in [3.05, 3.63) is 95.1 Å². The molecular weight excluding hydrogens is 517 g/mol. The van der Waals surface area contributed by atoms with Crippen molar-refractivity contribution in [1.29, 1.82) is 0 Å². The number of anilines is 1. The van der Waals surface area contributed by atoms with Crippen molar-refractivity contribution < 1.29 is 18.8 Å². The molecule has 0 spiro atoms. The number of amides is 2. The van der Waals surface area contributed by atoms with E-state index in [1.807, 2.05) is 49.4 Å². The van der Waals surface area contributed by atoms with Crippen LogP contribution in [0, 0.1) is 11.7 Å². The van der Waals surface area contributed by atoms with E-state index in [1.165, 1.54) is 13.0 Å². The maximum Gasteiger partial charge on any atom is 0.247 e. The van der Waals surface area contributed by atoms with E-state index in [4.69, 9.17) is 0 Å². The van der Waals surface area contributed by atoms with Gasteiger partial charge in [0.15, 0.2) is 5.78 Å². The van der Waals surface area contributed by atoms with Gasteiger partial charge >= 0.3 is 0 Å². The van der Waals surface area contributed by atoms with Crippen molar-refractivity contribution in [2.75, 3.05) is 11.9 Å². The van der Waals surface area contributed by atoms with E-state index < -0.39 is 5.82 Å². The van der Waals surface area contributed by atoms with E-state index in [0.717, 1.165) is 40.9 Å². The number of para-hydroxylation sites is 1. The van der Waals surface area contributed by atoms with Crippen molar-refractivity contribution in [3.63, 3.8) is 0 Å². The molecule has 0 saturated carbocycles. The normalized spacial score (nSPS) is 20.6. The lowest BCUT2D eigenvalue weighted by atomic mass is 9.89. The van der Waals surface area contributed by atoms with Gasteiger partial charge in [-0.15, -0.1) is 0 Å². The Bertz CT molecular complexity index is 1640. The molecule has 2 atom stereocenters. The van der Waals surface area contributed by atoms with Crippen molar-refractivity contribution in [3.8, 4) is 11.1 Å². The summed E-state index contributed by atoms with van der Waals surface area (Å²) in [4.78, 5) is 45.6. The molecule has 41 heavy (non-hydrogen) atoms. The molecule has 1 aliphatic carbocycles. The fourth-order valence-corrected chi connectivity index (χ4v) is 5.97. The Morgan fingerprint density at radius 1 is 1.05 bits per heavy atom. The van der Waals surface area contributed by atoms with E-state index in [2.05, 4.69) is 10.3 Å². The third-order valence-corrected chi connectivity index (χ3v) is 8.36. The summed E-state index contributed by atoms with van der Waals surface area (Å²) in [5, 5.41) is 3.08. The van der Waals surface area contributed by atoms with Crippen LogP contribution in [0.3, 0.4) is 0 Å². The summed E-state index contributed by atoms with van der Waals surface area (Å²) in [5.74, 6) is -1.12. The van der Waals surface area contributed by atoms with Gasteiger partial charge in [0.25, 0.3) is 0 Å². The number of hydrogen-bond donors (Lipinski definition) is 1. The van der Waals surface area contributed by atoms with Crippen LogP contribution in [-0.2, 0) is 9.59 Å². The molecular formula is C34H32FN3O3. The zero-order valence-electron chi connectivity index (χ0n) is 23.2. The molecule has 3 aliphatic rings. The second-order valence-electron chi connectivity index (χ2n) is 11.1. The van der Waals surface area contributed by atoms with E-state index in [-0.39, 0.29) is 35.1 Å². The number of benzene rings is 2. The molecule has 1 N–H and O–H groups in total. The minimum absolute atomic E-state index is 0.0297. The van der Waals surface area contributed by atoms with E-state index in [9.17, 15) is 14.4 Å². The molecule has 6 rings (SSSR count). The predicted molar refractivity (Wildman–Crippen MR) is 157 cm³/mol. The number of allylic oxidation sites excluding steroid dienone is 2. The lowest BCUT2D eigenvalue weighted by molar-refractivity contribution is -0.129. The summed E-state index contributed by atoms with van der Waals surface area (Å²) >= 11 is 0. The van der Waals surface area contributed by atoms with Gasteiger partial charge in [-0.3, -0.25) is 19.4 Å². The number of Topliss-reactive ketones (excluding diaryl/α,β-unsaturated/α-hetero) is 1. The smallest absolute Gasteiger partial charge is 0.247 e. The number of carbonyl (C=O) groups is 3. The first kappa shape index (κ1) is 26.8. The molecule has 0 fully saturated rings. The van der Waals surface area contributed by atoms with Crippen LogP contribution in [0.25, 0.3) is 22.3 Å². The lowest BCUT2D eigenvalue weighted by Gasteiger charge is -2.35. The fourth-order valence-electron chi connectivity index (χ4n) is 5.97. The largest absolute Gasteiger partial charge is 0.330 e.